The Morgan fingerprint density at radius 1 is 1.62 bits per heavy atom. The van der Waals surface area contributed by atoms with Crippen LogP contribution in [0.1, 0.15) is 42.9 Å². The van der Waals surface area contributed by atoms with E-state index >= 15 is 0 Å². The number of hydrogen-bond acceptors (Lipinski definition) is 4. The first kappa shape index (κ1) is 12.0. The van der Waals surface area contributed by atoms with Crippen molar-refractivity contribution in [2.75, 3.05) is 19.6 Å². The molecule has 1 unspecified atom stereocenters. The van der Waals surface area contributed by atoms with Gasteiger partial charge in [-0.3, -0.25) is 4.90 Å². The molecule has 0 aliphatic carbocycles. The van der Waals surface area contributed by atoms with Crippen LogP contribution in [0, 0.1) is 0 Å². The average Bonchev–Trinajstić information content (AvgIpc) is 2.94. The van der Waals surface area contributed by atoms with Crippen LogP contribution in [0.15, 0.2) is 5.38 Å². The lowest BCUT2D eigenvalue weighted by Gasteiger charge is -2.20. The highest BCUT2D eigenvalue weighted by atomic mass is 32.1. The molecule has 1 saturated heterocycles. The number of rotatable bonds is 5. The third-order valence-corrected chi connectivity index (χ3v) is 4.26. The van der Waals surface area contributed by atoms with Crippen LogP contribution >= 0.6 is 11.3 Å². The Kier molecular flexibility index (Phi) is 4.32. The molecule has 1 atom stereocenters. The monoisotopic (exact) mass is 239 g/mol. The summed E-state index contributed by atoms with van der Waals surface area (Å²) in [5, 5.41) is 3.52. The van der Waals surface area contributed by atoms with Crippen LogP contribution in [-0.2, 0) is 6.42 Å². The first-order valence-corrected chi connectivity index (χ1v) is 7.11. The molecule has 0 aromatic carbocycles. The predicted octanol–water partition coefficient (Wildman–Crippen LogP) is 2.19. The van der Waals surface area contributed by atoms with Crippen molar-refractivity contribution in [3.05, 3.63) is 16.1 Å². The van der Waals surface area contributed by atoms with Crippen LogP contribution in [-0.4, -0.2) is 29.5 Å². The summed E-state index contributed by atoms with van der Waals surface area (Å²) >= 11 is 1.82. The summed E-state index contributed by atoms with van der Waals surface area (Å²) in [5.74, 6) is 0. The molecule has 0 spiro atoms. The predicted molar refractivity (Wildman–Crippen MR) is 68.7 cm³/mol. The molecule has 3 nitrogen and oxygen atoms in total. The molecule has 4 heteroatoms. The summed E-state index contributed by atoms with van der Waals surface area (Å²) in [4.78, 5) is 7.28. The highest BCUT2D eigenvalue weighted by Gasteiger charge is 2.26. The van der Waals surface area contributed by atoms with Crippen LogP contribution in [0.3, 0.4) is 0 Å². The molecule has 90 valence electrons. The minimum Gasteiger partial charge on any atom is -0.330 e. The number of likely N-dealkylation sites (tertiary alicyclic amines) is 1. The molecule has 1 aliphatic heterocycles. The van der Waals surface area contributed by atoms with Gasteiger partial charge in [-0.2, -0.15) is 0 Å². The van der Waals surface area contributed by atoms with Crippen molar-refractivity contribution in [2.24, 2.45) is 5.73 Å². The average molecular weight is 239 g/mol. The Morgan fingerprint density at radius 2 is 2.50 bits per heavy atom. The standard InChI is InChI=1S/C12H21N3S/c1-2-15-8-4-6-11(15)12-14-10(9-16-12)5-3-7-13/h9,11H,2-8,13H2,1H3. The molecule has 0 saturated carbocycles. The second-order valence-electron chi connectivity index (χ2n) is 4.36. The van der Waals surface area contributed by atoms with Gasteiger partial charge in [-0.1, -0.05) is 6.92 Å². The van der Waals surface area contributed by atoms with Gasteiger partial charge in [-0.15, -0.1) is 11.3 Å². The fourth-order valence-corrected chi connectivity index (χ4v) is 3.38. The second-order valence-corrected chi connectivity index (χ2v) is 5.25. The van der Waals surface area contributed by atoms with Crippen LogP contribution in [0.4, 0.5) is 0 Å². The Balaban J connectivity index is 2.00. The van der Waals surface area contributed by atoms with E-state index in [4.69, 9.17) is 10.7 Å². The smallest absolute Gasteiger partial charge is 0.110 e. The van der Waals surface area contributed by atoms with Crippen molar-refractivity contribution in [1.82, 2.24) is 9.88 Å². The third kappa shape index (κ3) is 2.62. The molecule has 16 heavy (non-hydrogen) atoms. The summed E-state index contributed by atoms with van der Waals surface area (Å²) in [5.41, 5.74) is 6.75. The molecule has 2 heterocycles. The fraction of sp³-hybridized carbons (Fsp3) is 0.750. The number of hydrogen-bond donors (Lipinski definition) is 1. The van der Waals surface area contributed by atoms with Crippen molar-refractivity contribution >= 4 is 11.3 Å². The zero-order chi connectivity index (χ0) is 11.4. The van der Waals surface area contributed by atoms with Crippen molar-refractivity contribution in [3.8, 4) is 0 Å². The highest BCUT2D eigenvalue weighted by Crippen LogP contribution is 2.33. The van der Waals surface area contributed by atoms with E-state index in [-0.39, 0.29) is 0 Å². The van der Waals surface area contributed by atoms with E-state index in [2.05, 4.69) is 17.2 Å². The van der Waals surface area contributed by atoms with Crippen molar-refractivity contribution in [2.45, 2.75) is 38.6 Å². The Bertz CT molecular complexity index is 324. The quantitative estimate of drug-likeness (QED) is 0.856. The Hall–Kier alpha value is -0.450. The molecule has 0 amide bonds. The molecular formula is C12H21N3S. The van der Waals surface area contributed by atoms with Gasteiger partial charge in [0.05, 0.1) is 11.7 Å². The van der Waals surface area contributed by atoms with Crippen LogP contribution < -0.4 is 5.73 Å². The largest absolute Gasteiger partial charge is 0.330 e. The van der Waals surface area contributed by atoms with E-state index < -0.39 is 0 Å². The molecule has 0 radical (unpaired) electrons. The van der Waals surface area contributed by atoms with Gasteiger partial charge >= 0.3 is 0 Å². The van der Waals surface area contributed by atoms with Gasteiger partial charge in [0.2, 0.25) is 0 Å². The summed E-state index contributed by atoms with van der Waals surface area (Å²) in [6, 6.07) is 0.585. The Labute approximate surface area is 102 Å². The molecular weight excluding hydrogens is 218 g/mol. The van der Waals surface area contributed by atoms with Gasteiger partial charge in [0.1, 0.15) is 5.01 Å². The number of thiazole rings is 1. The van der Waals surface area contributed by atoms with E-state index in [0.29, 0.717) is 6.04 Å². The third-order valence-electron chi connectivity index (χ3n) is 3.26. The lowest BCUT2D eigenvalue weighted by molar-refractivity contribution is 0.271. The van der Waals surface area contributed by atoms with E-state index in [9.17, 15) is 0 Å². The van der Waals surface area contributed by atoms with E-state index in [1.165, 1.54) is 30.1 Å². The van der Waals surface area contributed by atoms with Gasteiger partial charge in [0.25, 0.3) is 0 Å². The molecule has 1 aliphatic rings. The van der Waals surface area contributed by atoms with Gasteiger partial charge in [-0.05, 0) is 45.3 Å². The number of nitrogens with two attached hydrogens (primary N) is 1. The second kappa shape index (κ2) is 5.75. The SMILES string of the molecule is CCN1CCCC1c1nc(CCCN)cs1. The van der Waals surface area contributed by atoms with E-state index in [1.54, 1.807) is 0 Å². The van der Waals surface area contributed by atoms with Crippen molar-refractivity contribution < 1.29 is 0 Å². The van der Waals surface area contributed by atoms with E-state index in [1.807, 2.05) is 11.3 Å². The van der Waals surface area contributed by atoms with E-state index in [0.717, 1.165) is 25.9 Å². The highest BCUT2D eigenvalue weighted by molar-refractivity contribution is 7.09. The fourth-order valence-electron chi connectivity index (χ4n) is 2.36. The number of aryl methyl sites for hydroxylation is 1. The van der Waals surface area contributed by atoms with Crippen LogP contribution in [0.5, 0.6) is 0 Å². The number of nitrogens with zero attached hydrogens (tertiary/aromatic N) is 2. The minimum atomic E-state index is 0.585. The van der Waals surface area contributed by atoms with Gasteiger partial charge in [-0.25, -0.2) is 4.98 Å². The van der Waals surface area contributed by atoms with Gasteiger partial charge in [0.15, 0.2) is 0 Å². The maximum atomic E-state index is 5.52. The van der Waals surface area contributed by atoms with Crippen LogP contribution in [0.2, 0.25) is 0 Å². The summed E-state index contributed by atoms with van der Waals surface area (Å²) in [6.07, 6.45) is 4.67. The summed E-state index contributed by atoms with van der Waals surface area (Å²) < 4.78 is 0. The number of aromatic nitrogens is 1. The molecule has 1 aromatic rings. The summed E-state index contributed by atoms with van der Waals surface area (Å²) in [7, 11) is 0. The van der Waals surface area contributed by atoms with Crippen LogP contribution in [0.25, 0.3) is 0 Å². The maximum Gasteiger partial charge on any atom is 0.110 e. The topological polar surface area (TPSA) is 42.2 Å². The molecule has 2 N–H and O–H groups in total. The molecule has 2 rings (SSSR count). The normalized spacial score (nSPS) is 21.8. The first-order valence-electron chi connectivity index (χ1n) is 6.23. The molecule has 1 aromatic heterocycles. The zero-order valence-corrected chi connectivity index (χ0v) is 10.8. The lowest BCUT2D eigenvalue weighted by Crippen LogP contribution is -2.22. The van der Waals surface area contributed by atoms with Crippen molar-refractivity contribution in [3.63, 3.8) is 0 Å². The lowest BCUT2D eigenvalue weighted by atomic mass is 10.2. The van der Waals surface area contributed by atoms with Gasteiger partial charge < -0.3 is 5.73 Å². The summed E-state index contributed by atoms with van der Waals surface area (Å²) in [6.45, 7) is 5.37. The Morgan fingerprint density at radius 3 is 3.25 bits per heavy atom. The zero-order valence-electron chi connectivity index (χ0n) is 9.98. The minimum absolute atomic E-state index is 0.585. The molecule has 0 bridgehead atoms. The van der Waals surface area contributed by atoms with Crippen molar-refractivity contribution in [1.29, 1.82) is 0 Å². The van der Waals surface area contributed by atoms with Gasteiger partial charge in [0, 0.05) is 5.38 Å². The first-order chi connectivity index (χ1) is 7.85. The molecule has 1 fully saturated rings. The maximum absolute atomic E-state index is 5.52.